The summed E-state index contributed by atoms with van der Waals surface area (Å²) in [6, 6.07) is 15.9. The van der Waals surface area contributed by atoms with Gasteiger partial charge in [0.05, 0.1) is 11.9 Å². The molecule has 0 spiro atoms. The van der Waals surface area contributed by atoms with Crippen LogP contribution in [-0.2, 0) is 6.54 Å². The fraction of sp³-hybridized carbons (Fsp3) is 0.143. The van der Waals surface area contributed by atoms with Gasteiger partial charge in [-0.05, 0) is 55.3 Å². The highest BCUT2D eigenvalue weighted by Gasteiger charge is 2.08. The molecule has 0 aliphatic carbocycles. The standard InChI is InChI=1S/C21H20FN3O/c1-14-9-15(2)11-18(10-14)25-21(26)20-8-7-17(13-24-20)23-12-16-5-3-4-6-19(16)22/h3-11,13,23H,12H2,1-2H3,(H,25,26). The van der Waals surface area contributed by atoms with Crippen molar-refractivity contribution >= 4 is 17.3 Å². The smallest absolute Gasteiger partial charge is 0.274 e. The van der Waals surface area contributed by atoms with Crippen molar-refractivity contribution in [2.24, 2.45) is 0 Å². The summed E-state index contributed by atoms with van der Waals surface area (Å²) in [6.07, 6.45) is 1.57. The number of carbonyl (C=O) groups excluding carboxylic acids is 1. The first-order chi connectivity index (χ1) is 12.5. The Kier molecular flexibility index (Phi) is 5.27. The second-order valence-corrected chi connectivity index (χ2v) is 6.21. The van der Waals surface area contributed by atoms with Gasteiger partial charge in [0.2, 0.25) is 0 Å². The van der Waals surface area contributed by atoms with Crippen LogP contribution in [0.5, 0.6) is 0 Å². The number of carbonyl (C=O) groups is 1. The predicted molar refractivity (Wildman–Crippen MR) is 102 cm³/mol. The van der Waals surface area contributed by atoms with Crippen molar-refractivity contribution in [3.63, 3.8) is 0 Å². The Hall–Kier alpha value is -3.21. The molecule has 0 atom stereocenters. The number of nitrogens with one attached hydrogen (secondary N) is 2. The van der Waals surface area contributed by atoms with Crippen LogP contribution in [0.1, 0.15) is 27.2 Å². The zero-order valence-corrected chi connectivity index (χ0v) is 14.7. The minimum Gasteiger partial charge on any atom is -0.380 e. The van der Waals surface area contributed by atoms with Crippen LogP contribution in [0.4, 0.5) is 15.8 Å². The van der Waals surface area contributed by atoms with Crippen molar-refractivity contribution in [1.29, 1.82) is 0 Å². The highest BCUT2D eigenvalue weighted by Crippen LogP contribution is 2.16. The van der Waals surface area contributed by atoms with Gasteiger partial charge in [0.25, 0.3) is 5.91 Å². The zero-order valence-electron chi connectivity index (χ0n) is 14.7. The minimum atomic E-state index is -0.268. The monoisotopic (exact) mass is 349 g/mol. The Morgan fingerprint density at radius 2 is 1.73 bits per heavy atom. The molecule has 2 N–H and O–H groups in total. The van der Waals surface area contributed by atoms with Gasteiger partial charge < -0.3 is 10.6 Å². The third-order valence-electron chi connectivity index (χ3n) is 3.92. The van der Waals surface area contributed by atoms with E-state index >= 15 is 0 Å². The summed E-state index contributed by atoms with van der Waals surface area (Å²) in [5.74, 6) is -0.520. The van der Waals surface area contributed by atoms with Crippen LogP contribution >= 0.6 is 0 Å². The fourth-order valence-electron chi connectivity index (χ4n) is 2.71. The van der Waals surface area contributed by atoms with Crippen molar-refractivity contribution in [3.05, 3.63) is 89.0 Å². The van der Waals surface area contributed by atoms with Crippen LogP contribution in [0, 0.1) is 19.7 Å². The fourth-order valence-corrected chi connectivity index (χ4v) is 2.71. The molecule has 1 heterocycles. The van der Waals surface area contributed by atoms with E-state index in [9.17, 15) is 9.18 Å². The maximum Gasteiger partial charge on any atom is 0.274 e. The van der Waals surface area contributed by atoms with E-state index in [1.807, 2.05) is 32.0 Å². The average molecular weight is 349 g/mol. The molecule has 3 rings (SSSR count). The molecule has 0 aliphatic rings. The molecule has 1 amide bonds. The molecule has 2 aromatic carbocycles. The third-order valence-corrected chi connectivity index (χ3v) is 3.92. The Bertz CT molecular complexity index is 903. The normalized spacial score (nSPS) is 10.4. The Morgan fingerprint density at radius 3 is 2.38 bits per heavy atom. The Balaban J connectivity index is 1.63. The van der Waals surface area contributed by atoms with E-state index < -0.39 is 0 Å². The van der Waals surface area contributed by atoms with Crippen LogP contribution in [-0.4, -0.2) is 10.9 Å². The molecule has 0 fully saturated rings. The number of pyridine rings is 1. The largest absolute Gasteiger partial charge is 0.380 e. The van der Waals surface area contributed by atoms with Gasteiger partial charge in [0, 0.05) is 17.8 Å². The highest BCUT2D eigenvalue weighted by atomic mass is 19.1. The van der Waals surface area contributed by atoms with Crippen LogP contribution in [0.2, 0.25) is 0 Å². The lowest BCUT2D eigenvalue weighted by Crippen LogP contribution is -2.14. The first-order valence-corrected chi connectivity index (χ1v) is 8.34. The van der Waals surface area contributed by atoms with Crippen molar-refractivity contribution in [2.45, 2.75) is 20.4 Å². The van der Waals surface area contributed by atoms with Gasteiger partial charge in [-0.25, -0.2) is 9.37 Å². The summed E-state index contributed by atoms with van der Waals surface area (Å²) in [5, 5.41) is 5.95. The Labute approximate surface area is 152 Å². The van der Waals surface area contributed by atoms with E-state index in [1.54, 1.807) is 36.5 Å². The minimum absolute atomic E-state index is 0.252. The molecular weight excluding hydrogens is 329 g/mol. The molecular formula is C21H20FN3O. The van der Waals surface area contributed by atoms with Crippen molar-refractivity contribution < 1.29 is 9.18 Å². The molecule has 3 aromatic rings. The van der Waals surface area contributed by atoms with Crippen molar-refractivity contribution in [3.8, 4) is 0 Å². The summed E-state index contributed by atoms with van der Waals surface area (Å²) in [5.41, 5.74) is 4.53. The molecule has 4 nitrogen and oxygen atoms in total. The number of halogens is 1. The molecule has 0 bridgehead atoms. The molecule has 5 heteroatoms. The lowest BCUT2D eigenvalue weighted by Gasteiger charge is -2.09. The molecule has 26 heavy (non-hydrogen) atoms. The van der Waals surface area contributed by atoms with Crippen molar-refractivity contribution in [1.82, 2.24) is 4.98 Å². The van der Waals surface area contributed by atoms with Gasteiger partial charge in [0.15, 0.2) is 0 Å². The number of anilines is 2. The van der Waals surface area contributed by atoms with Gasteiger partial charge in [-0.1, -0.05) is 24.3 Å². The maximum absolute atomic E-state index is 13.6. The number of rotatable bonds is 5. The highest BCUT2D eigenvalue weighted by molar-refractivity contribution is 6.03. The van der Waals surface area contributed by atoms with Gasteiger partial charge in [-0.15, -0.1) is 0 Å². The van der Waals surface area contributed by atoms with E-state index in [0.717, 1.165) is 22.5 Å². The number of benzene rings is 2. The summed E-state index contributed by atoms with van der Waals surface area (Å²) in [4.78, 5) is 16.5. The predicted octanol–water partition coefficient (Wildman–Crippen LogP) is 4.70. The van der Waals surface area contributed by atoms with E-state index in [1.165, 1.54) is 6.07 Å². The first-order valence-electron chi connectivity index (χ1n) is 8.34. The number of hydrogen-bond donors (Lipinski definition) is 2. The number of hydrogen-bond acceptors (Lipinski definition) is 3. The number of aryl methyl sites for hydroxylation is 2. The first kappa shape index (κ1) is 17.6. The van der Waals surface area contributed by atoms with Crippen LogP contribution < -0.4 is 10.6 Å². The number of amides is 1. The SMILES string of the molecule is Cc1cc(C)cc(NC(=O)c2ccc(NCc3ccccc3F)cn2)c1. The van der Waals surface area contributed by atoms with Gasteiger partial charge in [-0.3, -0.25) is 4.79 Å². The molecule has 1 aromatic heterocycles. The Morgan fingerprint density at radius 1 is 1.00 bits per heavy atom. The summed E-state index contributed by atoms with van der Waals surface area (Å²) in [7, 11) is 0. The van der Waals surface area contributed by atoms with Gasteiger partial charge in [0.1, 0.15) is 11.5 Å². The summed E-state index contributed by atoms with van der Waals surface area (Å²) >= 11 is 0. The lowest BCUT2D eigenvalue weighted by molar-refractivity contribution is 0.102. The molecule has 0 saturated heterocycles. The van der Waals surface area contributed by atoms with Crippen LogP contribution in [0.3, 0.4) is 0 Å². The summed E-state index contributed by atoms with van der Waals surface area (Å²) < 4.78 is 13.6. The average Bonchev–Trinajstić information content (AvgIpc) is 2.60. The maximum atomic E-state index is 13.6. The third kappa shape index (κ3) is 4.45. The topological polar surface area (TPSA) is 54.0 Å². The van der Waals surface area contributed by atoms with Crippen molar-refractivity contribution in [2.75, 3.05) is 10.6 Å². The molecule has 0 radical (unpaired) electrons. The number of aromatic nitrogens is 1. The molecule has 0 saturated carbocycles. The van der Waals surface area contributed by atoms with Crippen LogP contribution in [0.25, 0.3) is 0 Å². The van der Waals surface area contributed by atoms with Gasteiger partial charge >= 0.3 is 0 Å². The lowest BCUT2D eigenvalue weighted by atomic mass is 10.1. The quantitative estimate of drug-likeness (QED) is 0.702. The molecule has 132 valence electrons. The van der Waals surface area contributed by atoms with E-state index in [4.69, 9.17) is 0 Å². The number of nitrogens with zero attached hydrogens (tertiary/aromatic N) is 1. The van der Waals surface area contributed by atoms with Gasteiger partial charge in [-0.2, -0.15) is 0 Å². The van der Waals surface area contributed by atoms with Crippen LogP contribution in [0.15, 0.2) is 60.8 Å². The van der Waals surface area contributed by atoms with E-state index in [-0.39, 0.29) is 11.7 Å². The second kappa shape index (κ2) is 7.78. The molecule has 0 unspecified atom stereocenters. The van der Waals surface area contributed by atoms with E-state index in [0.29, 0.717) is 17.8 Å². The zero-order chi connectivity index (χ0) is 18.5. The second-order valence-electron chi connectivity index (χ2n) is 6.21. The van der Waals surface area contributed by atoms with E-state index in [2.05, 4.69) is 15.6 Å². The molecule has 0 aliphatic heterocycles. The summed E-state index contributed by atoms with van der Waals surface area (Å²) in [6.45, 7) is 4.32.